The third kappa shape index (κ3) is 3.71. The number of hydrogen-bond acceptors (Lipinski definition) is 2. The lowest BCUT2D eigenvalue weighted by Crippen LogP contribution is -2.21. The lowest BCUT2D eigenvalue weighted by atomic mass is 10.0. The van der Waals surface area contributed by atoms with E-state index >= 15 is 0 Å². The second-order valence-electron chi connectivity index (χ2n) is 5.21. The predicted molar refractivity (Wildman–Crippen MR) is 80.1 cm³/mol. The van der Waals surface area contributed by atoms with Gasteiger partial charge in [0.2, 0.25) is 0 Å². The highest BCUT2D eigenvalue weighted by atomic mass is 16.3. The fraction of sp³-hybridized carbons (Fsp3) is 0.412. The van der Waals surface area contributed by atoms with Gasteiger partial charge in [0.25, 0.3) is 0 Å². The summed E-state index contributed by atoms with van der Waals surface area (Å²) in [5.74, 6) is 1.97. The zero-order valence-electron chi connectivity index (χ0n) is 12.1. The lowest BCUT2D eigenvalue weighted by Gasteiger charge is -2.07. The van der Waals surface area contributed by atoms with Crippen molar-refractivity contribution in [3.8, 4) is 11.3 Å². The van der Waals surface area contributed by atoms with Gasteiger partial charge >= 0.3 is 0 Å². The average molecular weight is 257 g/mol. The third-order valence-electron chi connectivity index (χ3n) is 3.15. The molecule has 0 fully saturated rings. The Balaban J connectivity index is 2.18. The first-order valence-corrected chi connectivity index (χ1v) is 7.11. The van der Waals surface area contributed by atoms with Crippen LogP contribution in [0.25, 0.3) is 11.3 Å². The molecule has 2 nitrogen and oxygen atoms in total. The van der Waals surface area contributed by atoms with Gasteiger partial charge in [-0.15, -0.1) is 0 Å². The van der Waals surface area contributed by atoms with Crippen LogP contribution in [0.2, 0.25) is 0 Å². The zero-order chi connectivity index (χ0) is 13.7. The average Bonchev–Trinajstić information content (AvgIpc) is 2.86. The summed E-state index contributed by atoms with van der Waals surface area (Å²) in [5, 5.41) is 3.37. The summed E-state index contributed by atoms with van der Waals surface area (Å²) in [6.07, 6.45) is 2.25. The van der Waals surface area contributed by atoms with Gasteiger partial charge in [0.05, 0.1) is 6.54 Å². The van der Waals surface area contributed by atoms with E-state index in [1.165, 1.54) is 11.1 Å². The van der Waals surface area contributed by atoms with Crippen LogP contribution in [0.4, 0.5) is 0 Å². The van der Waals surface area contributed by atoms with Crippen molar-refractivity contribution in [1.82, 2.24) is 5.32 Å². The first-order valence-electron chi connectivity index (χ1n) is 7.11. The van der Waals surface area contributed by atoms with Crippen molar-refractivity contribution in [2.75, 3.05) is 0 Å². The largest absolute Gasteiger partial charge is 0.460 e. The molecule has 1 aromatic heterocycles. The number of aryl methyl sites for hydroxylation is 1. The van der Waals surface area contributed by atoms with Crippen LogP contribution in [0, 0.1) is 0 Å². The lowest BCUT2D eigenvalue weighted by molar-refractivity contribution is 0.473. The molecule has 0 aliphatic carbocycles. The monoisotopic (exact) mass is 257 g/mol. The Labute approximate surface area is 115 Å². The summed E-state index contributed by atoms with van der Waals surface area (Å²) in [6.45, 7) is 7.27. The normalized spacial score (nSPS) is 11.2. The highest BCUT2D eigenvalue weighted by molar-refractivity contribution is 5.62. The van der Waals surface area contributed by atoms with E-state index in [2.05, 4.69) is 62.5 Å². The number of furan rings is 1. The molecule has 0 spiro atoms. The number of rotatable bonds is 6. The highest BCUT2D eigenvalue weighted by Gasteiger charge is 2.08. The molecule has 0 atom stereocenters. The molecule has 2 rings (SSSR count). The fourth-order valence-electron chi connectivity index (χ4n) is 2.17. The van der Waals surface area contributed by atoms with Crippen LogP contribution in [-0.2, 0) is 13.0 Å². The molecule has 19 heavy (non-hydrogen) atoms. The summed E-state index contributed by atoms with van der Waals surface area (Å²) in [6, 6.07) is 13.1. The Hall–Kier alpha value is -1.54. The first-order chi connectivity index (χ1) is 9.20. The Kier molecular flexibility index (Phi) is 4.80. The van der Waals surface area contributed by atoms with E-state index in [-0.39, 0.29) is 0 Å². The van der Waals surface area contributed by atoms with Gasteiger partial charge in [-0.3, -0.25) is 0 Å². The van der Waals surface area contributed by atoms with E-state index in [0.717, 1.165) is 30.9 Å². The molecule has 0 radical (unpaired) electrons. The molecule has 1 N–H and O–H groups in total. The van der Waals surface area contributed by atoms with E-state index in [0.29, 0.717) is 6.04 Å². The van der Waals surface area contributed by atoms with Crippen LogP contribution in [0.5, 0.6) is 0 Å². The van der Waals surface area contributed by atoms with Crippen LogP contribution in [0.1, 0.15) is 38.5 Å². The van der Waals surface area contributed by atoms with Crippen molar-refractivity contribution in [1.29, 1.82) is 0 Å². The number of hydrogen-bond donors (Lipinski definition) is 1. The van der Waals surface area contributed by atoms with Gasteiger partial charge in [-0.05, 0) is 24.1 Å². The molecule has 102 valence electrons. The Morgan fingerprint density at radius 3 is 2.63 bits per heavy atom. The minimum Gasteiger partial charge on any atom is -0.460 e. The van der Waals surface area contributed by atoms with Gasteiger partial charge in [0.1, 0.15) is 11.5 Å². The van der Waals surface area contributed by atoms with Crippen LogP contribution >= 0.6 is 0 Å². The Bertz CT molecular complexity index is 513. The van der Waals surface area contributed by atoms with Crippen molar-refractivity contribution in [3.63, 3.8) is 0 Å². The molecule has 2 aromatic rings. The second-order valence-corrected chi connectivity index (χ2v) is 5.21. The minimum absolute atomic E-state index is 0.473. The summed E-state index contributed by atoms with van der Waals surface area (Å²) >= 11 is 0. The van der Waals surface area contributed by atoms with E-state index in [9.17, 15) is 0 Å². The van der Waals surface area contributed by atoms with E-state index < -0.39 is 0 Å². The van der Waals surface area contributed by atoms with Gasteiger partial charge < -0.3 is 9.73 Å². The molecule has 0 saturated heterocycles. The molecule has 0 unspecified atom stereocenters. The molecule has 0 aliphatic heterocycles. The molecule has 0 bridgehead atoms. The van der Waals surface area contributed by atoms with Gasteiger partial charge in [-0.1, -0.05) is 51.5 Å². The van der Waals surface area contributed by atoms with Crippen LogP contribution in [-0.4, -0.2) is 6.04 Å². The van der Waals surface area contributed by atoms with Crippen LogP contribution in [0.3, 0.4) is 0 Å². The maximum Gasteiger partial charge on any atom is 0.134 e. The van der Waals surface area contributed by atoms with Crippen molar-refractivity contribution < 1.29 is 4.42 Å². The Morgan fingerprint density at radius 2 is 1.89 bits per heavy atom. The standard InChI is InChI=1S/C17H23NO/c1-4-7-14-8-5-6-9-16(14)17-11-10-15(19-17)12-18-13(2)3/h5-6,8-11,13,18H,4,7,12H2,1-3H3. The van der Waals surface area contributed by atoms with Gasteiger partial charge in [-0.25, -0.2) is 0 Å². The fourth-order valence-corrected chi connectivity index (χ4v) is 2.17. The Morgan fingerprint density at radius 1 is 1.11 bits per heavy atom. The number of benzene rings is 1. The maximum atomic E-state index is 5.94. The predicted octanol–water partition coefficient (Wildman–Crippen LogP) is 4.40. The van der Waals surface area contributed by atoms with Crippen LogP contribution < -0.4 is 5.32 Å². The van der Waals surface area contributed by atoms with E-state index in [4.69, 9.17) is 4.42 Å². The molecule has 2 heteroatoms. The van der Waals surface area contributed by atoms with Gasteiger partial charge in [0.15, 0.2) is 0 Å². The maximum absolute atomic E-state index is 5.94. The molecule has 0 aliphatic rings. The van der Waals surface area contributed by atoms with Crippen molar-refractivity contribution in [2.24, 2.45) is 0 Å². The topological polar surface area (TPSA) is 25.2 Å². The minimum atomic E-state index is 0.473. The van der Waals surface area contributed by atoms with Crippen molar-refractivity contribution >= 4 is 0 Å². The third-order valence-corrected chi connectivity index (χ3v) is 3.15. The second kappa shape index (κ2) is 6.58. The summed E-state index contributed by atoms with van der Waals surface area (Å²) in [5.41, 5.74) is 2.59. The van der Waals surface area contributed by atoms with Crippen LogP contribution in [0.15, 0.2) is 40.8 Å². The highest BCUT2D eigenvalue weighted by Crippen LogP contribution is 2.26. The number of nitrogens with one attached hydrogen (secondary N) is 1. The SMILES string of the molecule is CCCc1ccccc1-c1ccc(CNC(C)C)o1. The molecular formula is C17H23NO. The quantitative estimate of drug-likeness (QED) is 0.830. The smallest absolute Gasteiger partial charge is 0.134 e. The van der Waals surface area contributed by atoms with Crippen molar-refractivity contribution in [3.05, 3.63) is 47.7 Å². The molecular weight excluding hydrogens is 234 g/mol. The van der Waals surface area contributed by atoms with E-state index in [1.54, 1.807) is 0 Å². The zero-order valence-corrected chi connectivity index (χ0v) is 12.1. The molecule has 0 amide bonds. The summed E-state index contributed by atoms with van der Waals surface area (Å²) < 4.78 is 5.94. The molecule has 1 heterocycles. The molecule has 0 saturated carbocycles. The summed E-state index contributed by atoms with van der Waals surface area (Å²) in [4.78, 5) is 0. The summed E-state index contributed by atoms with van der Waals surface area (Å²) in [7, 11) is 0. The van der Waals surface area contributed by atoms with Crippen molar-refractivity contribution in [2.45, 2.75) is 46.2 Å². The van der Waals surface area contributed by atoms with Gasteiger partial charge in [0, 0.05) is 11.6 Å². The first kappa shape index (κ1) is 13.9. The van der Waals surface area contributed by atoms with Gasteiger partial charge in [-0.2, -0.15) is 0 Å². The molecule has 1 aromatic carbocycles. The van der Waals surface area contributed by atoms with E-state index in [1.807, 2.05) is 0 Å².